The summed E-state index contributed by atoms with van der Waals surface area (Å²) in [6, 6.07) is 3.55. The molecule has 3 N–H and O–H groups in total. The molecule has 3 aromatic rings. The number of aromatic nitrogens is 5. The number of ether oxygens (including phenoxy) is 1. The summed E-state index contributed by atoms with van der Waals surface area (Å²) in [5.74, 6) is 0.571. The van der Waals surface area contributed by atoms with Crippen molar-refractivity contribution in [3.8, 4) is 0 Å². The van der Waals surface area contributed by atoms with Crippen LogP contribution in [0.4, 0.5) is 25.3 Å². The molecule has 4 heterocycles. The van der Waals surface area contributed by atoms with Crippen molar-refractivity contribution in [3.05, 3.63) is 35.9 Å². The Hall–Kier alpha value is -3.28. The first-order chi connectivity index (χ1) is 16.8. The van der Waals surface area contributed by atoms with Gasteiger partial charge in [0.2, 0.25) is 5.95 Å². The predicted octanol–water partition coefficient (Wildman–Crippen LogP) is 3.21. The molecular weight excluding hydrogens is 458 g/mol. The third-order valence-corrected chi connectivity index (χ3v) is 7.13. The molecule has 2 saturated carbocycles. The van der Waals surface area contributed by atoms with Gasteiger partial charge >= 0.3 is 6.09 Å². The normalized spacial score (nSPS) is 26.0. The molecule has 0 spiro atoms. The fourth-order valence-corrected chi connectivity index (χ4v) is 4.81. The van der Waals surface area contributed by atoms with E-state index in [0.29, 0.717) is 55.6 Å². The molecule has 186 valence electrons. The predicted molar refractivity (Wildman–Crippen MR) is 123 cm³/mol. The minimum absolute atomic E-state index is 0.204. The number of carbonyl (C=O) groups is 1. The van der Waals surface area contributed by atoms with E-state index in [0.717, 1.165) is 18.5 Å². The lowest BCUT2D eigenvalue weighted by atomic mass is 10.0. The number of hydrogen-bond donors (Lipinski definition) is 3. The molecule has 12 heteroatoms. The molecule has 0 aromatic carbocycles. The molecule has 3 aliphatic rings. The minimum Gasteiger partial charge on any atom is -0.443 e. The van der Waals surface area contributed by atoms with E-state index in [1.807, 2.05) is 22.4 Å². The van der Waals surface area contributed by atoms with Crippen LogP contribution in [0.1, 0.15) is 49.9 Å². The molecule has 1 saturated heterocycles. The highest BCUT2D eigenvalue weighted by atomic mass is 19.1. The fraction of sp³-hybridized carbons (Fsp3) is 0.565. The smallest absolute Gasteiger partial charge is 0.407 e. The second-order valence-corrected chi connectivity index (χ2v) is 10.1. The fourth-order valence-electron chi connectivity index (χ4n) is 4.81. The Morgan fingerprint density at radius 2 is 2.14 bits per heavy atom. The maximum Gasteiger partial charge on any atom is 0.407 e. The van der Waals surface area contributed by atoms with Crippen molar-refractivity contribution in [1.29, 1.82) is 0 Å². The number of halogens is 2. The molecule has 3 atom stereocenters. The minimum atomic E-state index is -1.32. The van der Waals surface area contributed by atoms with Gasteiger partial charge in [0.15, 0.2) is 5.82 Å². The van der Waals surface area contributed by atoms with E-state index in [1.54, 1.807) is 18.3 Å². The number of H-pyrrole nitrogens is 1. The summed E-state index contributed by atoms with van der Waals surface area (Å²) in [5, 5.41) is 13.2. The quantitative estimate of drug-likeness (QED) is 0.470. The number of carbonyl (C=O) groups excluding carboxylic acids is 1. The lowest BCUT2D eigenvalue weighted by molar-refractivity contribution is 0.0546. The van der Waals surface area contributed by atoms with Crippen molar-refractivity contribution in [2.75, 3.05) is 18.4 Å². The second-order valence-electron chi connectivity index (χ2n) is 10.1. The number of nitrogens with zero attached hydrogens (tertiary/aromatic N) is 5. The number of amides is 1. The lowest BCUT2D eigenvalue weighted by Gasteiger charge is -2.33. The summed E-state index contributed by atoms with van der Waals surface area (Å²) in [7, 11) is 0. The monoisotopic (exact) mass is 486 g/mol. The number of rotatable bonds is 7. The van der Waals surface area contributed by atoms with Crippen LogP contribution >= 0.6 is 0 Å². The zero-order valence-electron chi connectivity index (χ0n) is 19.4. The van der Waals surface area contributed by atoms with Gasteiger partial charge in [-0.2, -0.15) is 5.10 Å². The van der Waals surface area contributed by atoms with Crippen molar-refractivity contribution in [3.63, 3.8) is 0 Å². The molecule has 2 aliphatic carbocycles. The van der Waals surface area contributed by atoms with Crippen LogP contribution in [0.15, 0.2) is 24.5 Å². The highest BCUT2D eigenvalue weighted by Gasteiger charge is 2.43. The molecule has 35 heavy (non-hydrogen) atoms. The summed E-state index contributed by atoms with van der Waals surface area (Å²) < 4.78 is 35.4. The van der Waals surface area contributed by atoms with Crippen molar-refractivity contribution in [2.45, 2.75) is 69.1 Å². The topological polar surface area (TPSA) is 112 Å². The molecule has 3 fully saturated rings. The van der Waals surface area contributed by atoms with Crippen LogP contribution in [0.5, 0.6) is 0 Å². The zero-order chi connectivity index (χ0) is 24.2. The standard InChI is InChI=1S/C23H28F2N8O2/c1-23(5-6-23)29-22(34)35-17-3-2-15(20(17)25)16-8-18(31-30-16)28-21-26-7-4-19-27-14(12-33(19)21)11-32-9-13(24)10-32/h4,7-8,12-13,15,17,20H,2-3,5-6,9-11H2,1H3,(H,29,34)(H2,26,28,30,31)/t15-,17-,20-/m0/s1. The van der Waals surface area contributed by atoms with Crippen LogP contribution in [0, 0.1) is 0 Å². The first-order valence-corrected chi connectivity index (χ1v) is 12.0. The highest BCUT2D eigenvalue weighted by Crippen LogP contribution is 2.39. The Kier molecular flexibility index (Phi) is 5.35. The van der Waals surface area contributed by atoms with Gasteiger partial charge in [-0.25, -0.2) is 23.5 Å². The van der Waals surface area contributed by atoms with Gasteiger partial charge in [0.25, 0.3) is 0 Å². The maximum absolute atomic E-state index is 15.1. The summed E-state index contributed by atoms with van der Waals surface area (Å²) >= 11 is 0. The van der Waals surface area contributed by atoms with Gasteiger partial charge in [-0.15, -0.1) is 0 Å². The Morgan fingerprint density at radius 3 is 2.91 bits per heavy atom. The molecule has 0 bridgehead atoms. The third kappa shape index (κ3) is 4.54. The first kappa shape index (κ1) is 22.2. The second kappa shape index (κ2) is 8.43. The Bertz CT molecular complexity index is 1240. The average molecular weight is 487 g/mol. The van der Waals surface area contributed by atoms with Gasteiger partial charge in [0, 0.05) is 55.2 Å². The zero-order valence-corrected chi connectivity index (χ0v) is 19.4. The van der Waals surface area contributed by atoms with E-state index < -0.39 is 30.5 Å². The van der Waals surface area contributed by atoms with E-state index >= 15 is 4.39 Å². The van der Waals surface area contributed by atoms with Gasteiger partial charge in [-0.05, 0) is 38.7 Å². The average Bonchev–Trinajstić information content (AvgIpc) is 3.13. The SMILES string of the molecule is CC1(NC(=O)O[C@H]2CC[C@@H](c3cc(Nc4nccc5nc(CN6CC(F)C6)cn45)n[nH]3)[C@@H]2F)CC1. The number of anilines is 2. The van der Waals surface area contributed by atoms with Crippen molar-refractivity contribution >= 4 is 23.5 Å². The molecule has 1 aliphatic heterocycles. The number of alkyl halides is 2. The van der Waals surface area contributed by atoms with E-state index in [2.05, 4.69) is 30.8 Å². The Morgan fingerprint density at radius 1 is 1.31 bits per heavy atom. The number of likely N-dealkylation sites (tertiary alicyclic amines) is 1. The number of nitrogens with one attached hydrogen (secondary N) is 3. The Balaban J connectivity index is 1.11. The van der Waals surface area contributed by atoms with Crippen LogP contribution in [-0.4, -0.2) is 72.6 Å². The number of aromatic amines is 1. The molecule has 0 unspecified atom stereocenters. The molecule has 10 nitrogen and oxygen atoms in total. The van der Waals surface area contributed by atoms with Gasteiger partial charge in [0.05, 0.1) is 5.69 Å². The van der Waals surface area contributed by atoms with E-state index in [4.69, 9.17) is 4.74 Å². The van der Waals surface area contributed by atoms with Crippen LogP contribution in [-0.2, 0) is 11.3 Å². The van der Waals surface area contributed by atoms with Gasteiger partial charge in [-0.3, -0.25) is 14.4 Å². The van der Waals surface area contributed by atoms with E-state index in [-0.39, 0.29) is 5.54 Å². The van der Waals surface area contributed by atoms with E-state index in [1.165, 1.54) is 0 Å². The summed E-state index contributed by atoms with van der Waals surface area (Å²) in [6.45, 7) is 3.39. The number of fused-ring (bicyclic) bond motifs is 1. The maximum atomic E-state index is 15.1. The van der Waals surface area contributed by atoms with Crippen LogP contribution in [0.2, 0.25) is 0 Å². The number of imidazole rings is 1. The van der Waals surface area contributed by atoms with Crippen molar-refractivity contribution in [2.24, 2.45) is 0 Å². The molecule has 3 aromatic heterocycles. The third-order valence-electron chi connectivity index (χ3n) is 7.13. The summed E-state index contributed by atoms with van der Waals surface area (Å²) in [6.07, 6.45) is 2.95. The van der Waals surface area contributed by atoms with Crippen LogP contribution < -0.4 is 10.6 Å². The highest BCUT2D eigenvalue weighted by molar-refractivity contribution is 5.69. The van der Waals surface area contributed by atoms with Crippen molar-refractivity contribution in [1.82, 2.24) is 34.8 Å². The first-order valence-electron chi connectivity index (χ1n) is 12.0. The van der Waals surface area contributed by atoms with Crippen LogP contribution in [0.3, 0.4) is 0 Å². The van der Waals surface area contributed by atoms with Crippen molar-refractivity contribution < 1.29 is 18.3 Å². The molecule has 6 rings (SSSR count). The number of hydrogen-bond acceptors (Lipinski definition) is 7. The molecule has 1 amide bonds. The molecular formula is C23H28F2N8O2. The lowest BCUT2D eigenvalue weighted by Crippen LogP contribution is -2.47. The van der Waals surface area contributed by atoms with E-state index in [9.17, 15) is 9.18 Å². The Labute approximate surface area is 200 Å². The van der Waals surface area contributed by atoms with Crippen LogP contribution in [0.25, 0.3) is 5.65 Å². The number of alkyl carbamates (subject to hydrolysis) is 1. The van der Waals surface area contributed by atoms with Gasteiger partial charge in [0.1, 0.15) is 24.1 Å². The van der Waals surface area contributed by atoms with Gasteiger partial charge in [-0.1, -0.05) is 0 Å². The van der Waals surface area contributed by atoms with Gasteiger partial charge < -0.3 is 15.4 Å². The molecule has 0 radical (unpaired) electrons. The summed E-state index contributed by atoms with van der Waals surface area (Å²) in [4.78, 5) is 23.1. The largest absolute Gasteiger partial charge is 0.443 e. The summed E-state index contributed by atoms with van der Waals surface area (Å²) in [5.41, 5.74) is 1.97.